The van der Waals surface area contributed by atoms with Crippen LogP contribution in [0.5, 0.6) is 0 Å². The van der Waals surface area contributed by atoms with Gasteiger partial charge in [0.15, 0.2) is 5.82 Å². The van der Waals surface area contributed by atoms with Crippen LogP contribution in [0.3, 0.4) is 0 Å². The van der Waals surface area contributed by atoms with Gasteiger partial charge in [-0.3, -0.25) is 0 Å². The summed E-state index contributed by atoms with van der Waals surface area (Å²) in [7, 11) is 1.80. The number of halogens is 1. The zero-order chi connectivity index (χ0) is 14.4. The van der Waals surface area contributed by atoms with Crippen LogP contribution in [0.1, 0.15) is 12.7 Å². The molecule has 0 aliphatic heterocycles. The third kappa shape index (κ3) is 4.18. The molecule has 2 rings (SSSR count). The molecule has 0 amide bonds. The summed E-state index contributed by atoms with van der Waals surface area (Å²) in [6.07, 6.45) is 0. The molecule has 4 nitrogen and oxygen atoms in total. The second kappa shape index (κ2) is 7.21. The van der Waals surface area contributed by atoms with Gasteiger partial charge in [-0.25, -0.2) is 14.4 Å². The van der Waals surface area contributed by atoms with E-state index in [0.717, 1.165) is 15.7 Å². The number of aromatic nitrogens is 2. The molecule has 20 heavy (non-hydrogen) atoms. The van der Waals surface area contributed by atoms with E-state index in [1.54, 1.807) is 19.2 Å². The summed E-state index contributed by atoms with van der Waals surface area (Å²) in [4.78, 5) is 9.68. The Labute approximate surface area is 121 Å². The molecule has 0 atom stereocenters. The van der Waals surface area contributed by atoms with Gasteiger partial charge in [-0.15, -0.1) is 0 Å². The minimum Gasteiger partial charge on any atom is -0.374 e. The fourth-order valence-electron chi connectivity index (χ4n) is 1.53. The molecule has 0 spiro atoms. The Balaban J connectivity index is 2.19. The Morgan fingerprint density at radius 1 is 1.25 bits per heavy atom. The number of benzene rings is 1. The molecular formula is C14H16FN3OS. The lowest BCUT2D eigenvalue weighted by molar-refractivity contribution is 0.128. The number of rotatable bonds is 6. The molecule has 1 aromatic heterocycles. The normalized spacial score (nSPS) is 10.6. The molecule has 1 N–H and O–H groups in total. The highest BCUT2D eigenvalue weighted by molar-refractivity contribution is 7.99. The van der Waals surface area contributed by atoms with Crippen LogP contribution in [0.25, 0.3) is 0 Å². The Bertz CT molecular complexity index is 563. The summed E-state index contributed by atoms with van der Waals surface area (Å²) >= 11 is 1.46. The van der Waals surface area contributed by atoms with E-state index in [1.165, 1.54) is 23.9 Å². The molecule has 0 aliphatic carbocycles. The van der Waals surface area contributed by atoms with Crippen molar-refractivity contribution < 1.29 is 9.13 Å². The molecule has 106 valence electrons. The van der Waals surface area contributed by atoms with Crippen molar-refractivity contribution in [3.05, 3.63) is 42.0 Å². The average molecular weight is 293 g/mol. The fraction of sp³-hybridized carbons (Fsp3) is 0.286. The topological polar surface area (TPSA) is 47.0 Å². The molecule has 0 fully saturated rings. The number of anilines is 1. The summed E-state index contributed by atoms with van der Waals surface area (Å²) in [6, 6.07) is 8.17. The van der Waals surface area contributed by atoms with Crippen molar-refractivity contribution >= 4 is 17.6 Å². The van der Waals surface area contributed by atoms with Gasteiger partial charge in [-0.1, -0.05) is 11.8 Å². The molecule has 0 bridgehead atoms. The molecule has 1 aromatic carbocycles. The number of hydrogen-bond donors (Lipinski definition) is 1. The van der Waals surface area contributed by atoms with Crippen LogP contribution in [-0.2, 0) is 11.3 Å². The van der Waals surface area contributed by atoms with Crippen molar-refractivity contribution in [1.29, 1.82) is 0 Å². The third-order valence-electron chi connectivity index (χ3n) is 2.48. The van der Waals surface area contributed by atoms with E-state index in [2.05, 4.69) is 15.3 Å². The highest BCUT2D eigenvalue weighted by Gasteiger charge is 2.06. The number of nitrogens with one attached hydrogen (secondary N) is 1. The van der Waals surface area contributed by atoms with E-state index in [-0.39, 0.29) is 5.82 Å². The first-order valence-corrected chi connectivity index (χ1v) is 7.09. The van der Waals surface area contributed by atoms with E-state index >= 15 is 0 Å². The lowest BCUT2D eigenvalue weighted by Gasteiger charge is -2.07. The average Bonchev–Trinajstić information content (AvgIpc) is 2.47. The van der Waals surface area contributed by atoms with Gasteiger partial charge in [0.25, 0.3) is 0 Å². The second-order valence-electron chi connectivity index (χ2n) is 3.95. The first-order chi connectivity index (χ1) is 9.71. The van der Waals surface area contributed by atoms with Gasteiger partial charge < -0.3 is 10.1 Å². The third-order valence-corrected chi connectivity index (χ3v) is 3.40. The maximum atomic E-state index is 12.9. The van der Waals surface area contributed by atoms with E-state index in [0.29, 0.717) is 19.0 Å². The van der Waals surface area contributed by atoms with Crippen molar-refractivity contribution in [2.75, 3.05) is 19.0 Å². The maximum Gasteiger partial charge on any atom is 0.157 e. The molecule has 0 radical (unpaired) electrons. The lowest BCUT2D eigenvalue weighted by Crippen LogP contribution is -2.03. The Morgan fingerprint density at radius 3 is 2.65 bits per heavy atom. The minimum atomic E-state index is -0.245. The van der Waals surface area contributed by atoms with Crippen molar-refractivity contribution in [2.24, 2.45) is 0 Å². The van der Waals surface area contributed by atoms with Crippen molar-refractivity contribution in [1.82, 2.24) is 9.97 Å². The Morgan fingerprint density at radius 2 is 2.00 bits per heavy atom. The van der Waals surface area contributed by atoms with Gasteiger partial charge in [-0.05, 0) is 31.2 Å². The molecule has 6 heteroatoms. The monoisotopic (exact) mass is 293 g/mol. The first-order valence-electron chi connectivity index (χ1n) is 6.28. The molecule has 0 saturated heterocycles. The highest BCUT2D eigenvalue weighted by atomic mass is 32.2. The van der Waals surface area contributed by atoms with Crippen LogP contribution in [0.2, 0.25) is 0 Å². The summed E-state index contributed by atoms with van der Waals surface area (Å²) in [5.74, 6) is 1.12. The van der Waals surface area contributed by atoms with Gasteiger partial charge in [0, 0.05) is 24.6 Å². The SMILES string of the molecule is CCOCc1nc(NC)cc(Sc2ccc(F)cc2)n1. The number of hydrogen-bond acceptors (Lipinski definition) is 5. The van der Waals surface area contributed by atoms with E-state index in [4.69, 9.17) is 4.74 Å². The zero-order valence-electron chi connectivity index (χ0n) is 11.4. The summed E-state index contributed by atoms with van der Waals surface area (Å²) in [6.45, 7) is 2.92. The van der Waals surface area contributed by atoms with Gasteiger partial charge >= 0.3 is 0 Å². The lowest BCUT2D eigenvalue weighted by atomic mass is 10.4. The van der Waals surface area contributed by atoms with E-state index < -0.39 is 0 Å². The van der Waals surface area contributed by atoms with Gasteiger partial charge in [0.2, 0.25) is 0 Å². The summed E-state index contributed by atoms with van der Waals surface area (Å²) in [5, 5.41) is 3.80. The Hall–Kier alpha value is -1.66. The maximum absolute atomic E-state index is 12.9. The van der Waals surface area contributed by atoms with Crippen molar-refractivity contribution in [2.45, 2.75) is 23.5 Å². The van der Waals surface area contributed by atoms with Crippen LogP contribution < -0.4 is 5.32 Å². The predicted octanol–water partition coefficient (Wildman–Crippen LogP) is 3.35. The number of nitrogens with zero attached hydrogens (tertiary/aromatic N) is 2. The molecule has 2 aromatic rings. The number of ether oxygens (including phenoxy) is 1. The van der Waals surface area contributed by atoms with Crippen LogP contribution in [0, 0.1) is 5.82 Å². The first kappa shape index (κ1) is 14.7. The van der Waals surface area contributed by atoms with Crippen LogP contribution >= 0.6 is 11.8 Å². The van der Waals surface area contributed by atoms with Crippen LogP contribution in [0.15, 0.2) is 40.3 Å². The zero-order valence-corrected chi connectivity index (χ0v) is 12.2. The van der Waals surface area contributed by atoms with E-state index in [9.17, 15) is 4.39 Å². The molecular weight excluding hydrogens is 277 g/mol. The summed E-state index contributed by atoms with van der Waals surface area (Å²) < 4.78 is 18.2. The Kier molecular flexibility index (Phi) is 5.31. The smallest absolute Gasteiger partial charge is 0.157 e. The molecule has 0 aliphatic rings. The van der Waals surface area contributed by atoms with Crippen LogP contribution in [0.4, 0.5) is 10.2 Å². The minimum absolute atomic E-state index is 0.245. The van der Waals surface area contributed by atoms with E-state index in [1.807, 2.05) is 13.0 Å². The highest BCUT2D eigenvalue weighted by Crippen LogP contribution is 2.27. The molecule has 1 heterocycles. The second-order valence-corrected chi connectivity index (χ2v) is 5.04. The standard InChI is InChI=1S/C14H16FN3OS/c1-3-19-9-13-17-12(16-2)8-14(18-13)20-11-6-4-10(15)5-7-11/h4-8H,3,9H2,1-2H3,(H,16,17,18). The van der Waals surface area contributed by atoms with Crippen molar-refractivity contribution in [3.8, 4) is 0 Å². The van der Waals surface area contributed by atoms with Crippen molar-refractivity contribution in [3.63, 3.8) is 0 Å². The van der Waals surface area contributed by atoms with Crippen LogP contribution in [-0.4, -0.2) is 23.6 Å². The van der Waals surface area contributed by atoms with Gasteiger partial charge in [0.05, 0.1) is 0 Å². The van der Waals surface area contributed by atoms with Gasteiger partial charge in [0.1, 0.15) is 23.3 Å². The quantitative estimate of drug-likeness (QED) is 0.828. The van der Waals surface area contributed by atoms with Gasteiger partial charge in [-0.2, -0.15) is 0 Å². The summed E-state index contributed by atoms with van der Waals surface area (Å²) in [5.41, 5.74) is 0. The fourth-order valence-corrected chi connectivity index (χ4v) is 2.37. The molecule has 0 saturated carbocycles. The predicted molar refractivity (Wildman–Crippen MR) is 77.4 cm³/mol. The molecule has 0 unspecified atom stereocenters. The largest absolute Gasteiger partial charge is 0.374 e.